The summed E-state index contributed by atoms with van der Waals surface area (Å²) in [5.41, 5.74) is 1.18. The summed E-state index contributed by atoms with van der Waals surface area (Å²) in [5.74, 6) is -1.43. The fraction of sp³-hybridized carbons (Fsp3) is 0.273. The van der Waals surface area contributed by atoms with Crippen LogP contribution in [0.5, 0.6) is 0 Å². The van der Waals surface area contributed by atoms with Crippen LogP contribution in [-0.4, -0.2) is 25.4 Å². The number of ketones is 1. The number of alkyl halides is 3. The van der Waals surface area contributed by atoms with Gasteiger partial charge >= 0.3 is 12.1 Å². The lowest BCUT2D eigenvalue weighted by molar-refractivity contribution is -0.137. The SMILES string of the molecule is CN1C(=CC(=O)COC(=O)c2cccc(C(F)(F)F)c2)C(C)(C)c2ccccc21. The van der Waals surface area contributed by atoms with E-state index >= 15 is 0 Å². The van der Waals surface area contributed by atoms with Gasteiger partial charge < -0.3 is 9.64 Å². The van der Waals surface area contributed by atoms with Gasteiger partial charge in [-0.15, -0.1) is 0 Å². The highest BCUT2D eigenvalue weighted by atomic mass is 19.4. The molecule has 0 aromatic heterocycles. The lowest BCUT2D eigenvalue weighted by Gasteiger charge is -2.23. The lowest BCUT2D eigenvalue weighted by Crippen LogP contribution is -2.25. The molecule has 1 aliphatic heterocycles. The maximum absolute atomic E-state index is 12.8. The van der Waals surface area contributed by atoms with Gasteiger partial charge in [0.15, 0.2) is 12.4 Å². The molecule has 2 aromatic carbocycles. The first kappa shape index (κ1) is 20.6. The summed E-state index contributed by atoms with van der Waals surface area (Å²) in [7, 11) is 1.85. The highest BCUT2D eigenvalue weighted by Gasteiger charge is 2.38. The van der Waals surface area contributed by atoms with Crippen LogP contribution in [0.2, 0.25) is 0 Å². The molecule has 0 atom stereocenters. The molecule has 0 amide bonds. The number of carbonyl (C=O) groups excluding carboxylic acids is 2. The van der Waals surface area contributed by atoms with E-state index in [2.05, 4.69) is 0 Å². The van der Waals surface area contributed by atoms with E-state index in [9.17, 15) is 22.8 Å². The van der Waals surface area contributed by atoms with Gasteiger partial charge in [0, 0.05) is 29.9 Å². The summed E-state index contributed by atoms with van der Waals surface area (Å²) in [6.45, 7) is 3.42. The molecule has 0 radical (unpaired) electrons. The molecule has 7 heteroatoms. The fourth-order valence-corrected chi connectivity index (χ4v) is 3.50. The quantitative estimate of drug-likeness (QED) is 0.546. The second-order valence-electron chi connectivity index (χ2n) is 7.35. The molecular weight excluding hydrogens is 383 g/mol. The fourth-order valence-electron chi connectivity index (χ4n) is 3.50. The van der Waals surface area contributed by atoms with Gasteiger partial charge in [0.05, 0.1) is 11.1 Å². The average Bonchev–Trinajstić information content (AvgIpc) is 2.86. The summed E-state index contributed by atoms with van der Waals surface area (Å²) in [6, 6.07) is 11.7. The number of nitrogens with zero attached hydrogens (tertiary/aromatic N) is 1. The summed E-state index contributed by atoms with van der Waals surface area (Å²) in [5, 5.41) is 0. The van der Waals surface area contributed by atoms with E-state index in [0.717, 1.165) is 29.1 Å². The monoisotopic (exact) mass is 403 g/mol. The number of benzene rings is 2. The van der Waals surface area contributed by atoms with Crippen molar-refractivity contribution in [3.8, 4) is 0 Å². The predicted molar refractivity (Wildman–Crippen MR) is 103 cm³/mol. The predicted octanol–water partition coefficient (Wildman–Crippen LogP) is 4.74. The van der Waals surface area contributed by atoms with Crippen LogP contribution in [0.1, 0.15) is 35.3 Å². The van der Waals surface area contributed by atoms with Gasteiger partial charge in [0.1, 0.15) is 0 Å². The van der Waals surface area contributed by atoms with Gasteiger partial charge in [0.25, 0.3) is 0 Å². The van der Waals surface area contributed by atoms with E-state index in [1.54, 1.807) is 0 Å². The molecule has 0 saturated heterocycles. The van der Waals surface area contributed by atoms with Crippen molar-refractivity contribution in [1.82, 2.24) is 0 Å². The number of hydrogen-bond acceptors (Lipinski definition) is 4. The van der Waals surface area contributed by atoms with E-state index in [1.165, 1.54) is 12.1 Å². The van der Waals surface area contributed by atoms with Crippen molar-refractivity contribution in [1.29, 1.82) is 0 Å². The number of fused-ring (bicyclic) bond motifs is 1. The minimum atomic E-state index is -4.57. The largest absolute Gasteiger partial charge is 0.454 e. The number of likely N-dealkylation sites (N-methyl/N-ethyl adjacent to an activating group) is 1. The second kappa shape index (κ2) is 7.39. The average molecular weight is 403 g/mol. The summed E-state index contributed by atoms with van der Waals surface area (Å²) < 4.78 is 43.3. The van der Waals surface area contributed by atoms with Crippen LogP contribution >= 0.6 is 0 Å². The maximum Gasteiger partial charge on any atom is 0.416 e. The molecule has 0 aliphatic carbocycles. The second-order valence-corrected chi connectivity index (χ2v) is 7.35. The number of ether oxygens (including phenoxy) is 1. The molecule has 0 saturated carbocycles. The highest BCUT2D eigenvalue weighted by molar-refractivity contribution is 5.96. The number of esters is 1. The molecule has 0 bridgehead atoms. The first-order chi connectivity index (χ1) is 13.5. The Labute approximate surface area is 166 Å². The molecule has 0 unspecified atom stereocenters. The third kappa shape index (κ3) is 4.04. The Kier molecular flexibility index (Phi) is 5.26. The number of anilines is 1. The minimum absolute atomic E-state index is 0.258. The van der Waals surface area contributed by atoms with Gasteiger partial charge in [0.2, 0.25) is 0 Å². The van der Waals surface area contributed by atoms with E-state index < -0.39 is 35.5 Å². The zero-order chi connectivity index (χ0) is 21.4. The highest BCUT2D eigenvalue weighted by Crippen LogP contribution is 2.46. The molecule has 2 aromatic rings. The Morgan fingerprint density at radius 1 is 1.10 bits per heavy atom. The van der Waals surface area contributed by atoms with Crippen LogP contribution in [0.15, 0.2) is 60.3 Å². The van der Waals surface area contributed by atoms with Gasteiger partial charge in [-0.25, -0.2) is 4.79 Å². The Balaban J connectivity index is 1.71. The number of para-hydroxylation sites is 1. The van der Waals surface area contributed by atoms with E-state index in [-0.39, 0.29) is 5.56 Å². The van der Waals surface area contributed by atoms with Crippen molar-refractivity contribution in [2.45, 2.75) is 25.4 Å². The Morgan fingerprint density at radius 3 is 2.45 bits per heavy atom. The lowest BCUT2D eigenvalue weighted by atomic mass is 9.83. The standard InChI is InChI=1S/C22H20F3NO3/c1-21(2)17-9-4-5-10-18(17)26(3)19(21)12-16(27)13-29-20(28)14-7-6-8-15(11-14)22(23,24)25/h4-12H,13H2,1-3H3. The van der Waals surface area contributed by atoms with Crippen molar-refractivity contribution in [2.24, 2.45) is 0 Å². The Bertz CT molecular complexity index is 993. The molecule has 1 aliphatic rings. The van der Waals surface area contributed by atoms with Gasteiger partial charge in [-0.1, -0.05) is 38.1 Å². The number of halogens is 3. The van der Waals surface area contributed by atoms with Crippen LogP contribution in [-0.2, 0) is 21.1 Å². The molecule has 0 N–H and O–H groups in total. The van der Waals surface area contributed by atoms with Crippen molar-refractivity contribution in [2.75, 3.05) is 18.6 Å². The van der Waals surface area contributed by atoms with Gasteiger partial charge in [-0.2, -0.15) is 13.2 Å². The molecular formula is C22H20F3NO3. The third-order valence-electron chi connectivity index (χ3n) is 5.01. The third-order valence-corrected chi connectivity index (χ3v) is 5.01. The van der Waals surface area contributed by atoms with Gasteiger partial charge in [-0.05, 0) is 29.8 Å². The van der Waals surface area contributed by atoms with E-state index in [1.807, 2.05) is 50.1 Å². The number of allylic oxidation sites excluding steroid dienone is 1. The van der Waals surface area contributed by atoms with Crippen LogP contribution in [0.3, 0.4) is 0 Å². The first-order valence-electron chi connectivity index (χ1n) is 8.94. The van der Waals surface area contributed by atoms with E-state index in [4.69, 9.17) is 4.74 Å². The first-order valence-corrected chi connectivity index (χ1v) is 8.94. The smallest absolute Gasteiger partial charge is 0.416 e. The maximum atomic E-state index is 12.8. The number of carbonyl (C=O) groups is 2. The molecule has 29 heavy (non-hydrogen) atoms. The van der Waals surface area contributed by atoms with Crippen molar-refractivity contribution in [3.63, 3.8) is 0 Å². The van der Waals surface area contributed by atoms with Crippen molar-refractivity contribution >= 4 is 17.4 Å². The molecule has 0 fully saturated rings. The zero-order valence-electron chi connectivity index (χ0n) is 16.2. The number of hydrogen-bond donors (Lipinski definition) is 0. The van der Waals surface area contributed by atoms with Gasteiger partial charge in [-0.3, -0.25) is 4.79 Å². The summed E-state index contributed by atoms with van der Waals surface area (Å²) in [6.07, 6.45) is -3.15. The van der Waals surface area contributed by atoms with Crippen LogP contribution in [0.25, 0.3) is 0 Å². The Morgan fingerprint density at radius 2 is 1.79 bits per heavy atom. The normalized spacial score (nSPS) is 16.6. The van der Waals surface area contributed by atoms with Crippen molar-refractivity contribution in [3.05, 3.63) is 77.0 Å². The van der Waals surface area contributed by atoms with Crippen LogP contribution < -0.4 is 4.90 Å². The molecule has 1 heterocycles. The van der Waals surface area contributed by atoms with Crippen LogP contribution in [0.4, 0.5) is 18.9 Å². The molecule has 3 rings (SSSR count). The molecule has 0 spiro atoms. The molecule has 4 nitrogen and oxygen atoms in total. The zero-order valence-corrected chi connectivity index (χ0v) is 16.2. The topological polar surface area (TPSA) is 46.6 Å². The summed E-state index contributed by atoms with van der Waals surface area (Å²) >= 11 is 0. The minimum Gasteiger partial charge on any atom is -0.454 e. The van der Waals surface area contributed by atoms with E-state index in [0.29, 0.717) is 6.07 Å². The van der Waals surface area contributed by atoms with Crippen molar-refractivity contribution < 1.29 is 27.5 Å². The van der Waals surface area contributed by atoms with Crippen LogP contribution in [0, 0.1) is 0 Å². The molecule has 152 valence electrons. The summed E-state index contributed by atoms with van der Waals surface area (Å²) in [4.78, 5) is 26.4. The number of rotatable bonds is 4. The Hall–Kier alpha value is -3.09.